The van der Waals surface area contributed by atoms with E-state index in [-0.39, 0.29) is 129 Å². The Balaban J connectivity index is 0.000000502. The van der Waals surface area contributed by atoms with Crippen molar-refractivity contribution < 1.29 is 82.7 Å². The van der Waals surface area contributed by atoms with Crippen LogP contribution in [0.1, 0.15) is 249 Å². The molecule has 83 heavy (non-hydrogen) atoms. The zero-order valence-corrected chi connectivity index (χ0v) is 64.7. The summed E-state index contributed by atoms with van der Waals surface area (Å²) in [6.45, 7) is 50.8. The van der Waals surface area contributed by atoms with Gasteiger partial charge in [0.05, 0.1) is 0 Å². The predicted octanol–water partition coefficient (Wildman–Crippen LogP) is 18.6. The molecule has 2 saturated heterocycles. The molecule has 4 nitrogen and oxygen atoms in total. The molecular weight excluding hydrogens is 1460 g/mol. The monoisotopic (exact) mass is 1570 g/mol. The molecule has 448 valence electrons. The first-order chi connectivity index (χ1) is 37.0. The van der Waals surface area contributed by atoms with Crippen LogP contribution in [0.2, 0.25) is 11.6 Å². The largest absolute Gasteiger partial charge is 2.00 e. The molecule has 0 radical (unpaired) electrons. The van der Waals surface area contributed by atoms with Crippen molar-refractivity contribution in [2.75, 3.05) is 0 Å². The molecule has 0 aliphatic carbocycles. The number of fused-ring (bicyclic) bond motifs is 2. The summed E-state index contributed by atoms with van der Waals surface area (Å²) in [5.74, 6) is 2.82. The van der Waals surface area contributed by atoms with E-state index in [0.717, 1.165) is 62.9 Å². The first-order valence-corrected chi connectivity index (χ1v) is 30.3. The second-order valence-electron chi connectivity index (χ2n) is 31.2. The Kier molecular flexibility index (Phi) is 30.0. The zero-order chi connectivity index (χ0) is 61.7. The average Bonchev–Trinajstić information content (AvgIpc) is 3.33. The molecule has 2 fully saturated rings. The maximum atomic E-state index is 12.3. The van der Waals surface area contributed by atoms with Crippen LogP contribution in [0.3, 0.4) is 0 Å². The van der Waals surface area contributed by atoms with E-state index < -0.39 is 0 Å². The third-order valence-corrected chi connectivity index (χ3v) is 15.7. The molecule has 0 unspecified atom stereocenters. The van der Waals surface area contributed by atoms with Gasteiger partial charge in [0.2, 0.25) is 0 Å². The van der Waals surface area contributed by atoms with Gasteiger partial charge in [-0.3, -0.25) is 0 Å². The van der Waals surface area contributed by atoms with Crippen molar-refractivity contribution in [1.82, 2.24) is 0 Å². The molecule has 6 aromatic rings. The Bertz CT molecular complexity index is 2360. The van der Waals surface area contributed by atoms with Crippen LogP contribution in [0.15, 0.2) is 140 Å². The van der Waals surface area contributed by atoms with Gasteiger partial charge in [-0.2, -0.15) is 0 Å². The van der Waals surface area contributed by atoms with E-state index >= 15 is 0 Å². The Hall–Kier alpha value is -3.31. The van der Waals surface area contributed by atoms with Crippen LogP contribution >= 0.6 is 0 Å². The van der Waals surface area contributed by atoms with Crippen LogP contribution in [-0.4, -0.2) is 6.71 Å². The molecule has 0 amide bonds. The summed E-state index contributed by atoms with van der Waals surface area (Å²) < 4.78 is 0. The molecule has 2 bridgehead atoms. The molecule has 2 heterocycles. The first-order valence-electron chi connectivity index (χ1n) is 30.3. The van der Waals surface area contributed by atoms with Gasteiger partial charge in [0, 0.05) is 0 Å². The fourth-order valence-electron chi connectivity index (χ4n) is 11.2. The fourth-order valence-corrected chi connectivity index (χ4v) is 11.2. The quantitative estimate of drug-likeness (QED) is 0.153. The van der Waals surface area contributed by atoms with Crippen LogP contribution in [-0.2, 0) is 43.3 Å². The molecule has 0 aromatic heterocycles. The van der Waals surface area contributed by atoms with Gasteiger partial charge < -0.3 is 20.4 Å². The summed E-state index contributed by atoms with van der Waals surface area (Å²) in [7, 11) is 0. The number of para-hydroxylation sites is 4. The van der Waals surface area contributed by atoms with Crippen molar-refractivity contribution in [2.45, 2.75) is 260 Å². The third-order valence-electron chi connectivity index (χ3n) is 15.7. The third kappa shape index (κ3) is 24.1. The minimum atomic E-state index is -0.0711. The van der Waals surface area contributed by atoms with E-state index in [9.17, 15) is 20.4 Å². The van der Waals surface area contributed by atoms with E-state index in [4.69, 9.17) is 0 Å². The smallest absolute Gasteiger partial charge is 0.872 e. The van der Waals surface area contributed by atoms with Crippen LogP contribution in [0.4, 0.5) is 0 Å². The summed E-state index contributed by atoms with van der Waals surface area (Å²) in [5.41, 5.74) is 8.34. The molecule has 6 aromatic carbocycles. The number of hydrogen-bond acceptors (Lipinski definition) is 4. The van der Waals surface area contributed by atoms with E-state index in [1.807, 2.05) is 109 Å². The van der Waals surface area contributed by atoms with Gasteiger partial charge >= 0.3 is 62.2 Å². The summed E-state index contributed by atoms with van der Waals surface area (Å²) in [6, 6.07) is 46.7. The molecular formula is C76H109BO4U2. The van der Waals surface area contributed by atoms with Crippen LogP contribution in [0.25, 0.3) is 0 Å². The summed E-state index contributed by atoms with van der Waals surface area (Å²) in [4.78, 5) is 0. The second-order valence-corrected chi connectivity index (χ2v) is 31.2. The maximum absolute atomic E-state index is 12.3. The molecule has 0 N–H and O–H groups in total. The van der Waals surface area contributed by atoms with Gasteiger partial charge in [-0.1, -0.05) is 406 Å². The minimum absolute atomic E-state index is 0. The normalized spacial score (nSPS) is 15.4. The van der Waals surface area contributed by atoms with Gasteiger partial charge in [-0.15, -0.1) is 23.0 Å². The van der Waals surface area contributed by atoms with Crippen molar-refractivity contribution in [3.05, 3.63) is 184 Å². The SMILES string of the molecule is CC(C)(C)c1cccc(C(C)(C)C)c1[O-].CC(C)(C)c1cccc(C(C)(C)C)c1[O-].CC(C)(C)c1cccc(C(C)(C)C)c1[O-].CC(C)(C)c1cccc(C(C)(C)C)c1[O-].[U+2].[U+2].c1ccc(B2C3CCCC2CCC3)cc1.c1ccccc1. The Morgan fingerprint density at radius 3 is 0.566 bits per heavy atom. The Morgan fingerprint density at radius 2 is 0.410 bits per heavy atom. The van der Waals surface area contributed by atoms with Crippen molar-refractivity contribution in [3.63, 3.8) is 0 Å². The first kappa shape index (κ1) is 77.7. The van der Waals surface area contributed by atoms with Gasteiger partial charge in [-0.25, -0.2) is 0 Å². The van der Waals surface area contributed by atoms with Crippen LogP contribution in [0.5, 0.6) is 23.0 Å². The van der Waals surface area contributed by atoms with Gasteiger partial charge in [-0.05, 0) is 43.3 Å². The molecule has 2 aliphatic heterocycles. The summed E-state index contributed by atoms with van der Waals surface area (Å²) in [5, 5.41) is 49.0. The van der Waals surface area contributed by atoms with Crippen molar-refractivity contribution in [1.29, 1.82) is 0 Å². The molecule has 0 atom stereocenters. The maximum Gasteiger partial charge on any atom is 2.00 e. The summed E-state index contributed by atoms with van der Waals surface area (Å²) >= 11 is 0. The molecule has 2 aliphatic rings. The number of benzene rings is 6. The Morgan fingerprint density at radius 1 is 0.253 bits per heavy atom. The van der Waals surface area contributed by atoms with Crippen LogP contribution in [0, 0.1) is 62.2 Å². The second kappa shape index (κ2) is 32.1. The zero-order valence-electron chi connectivity index (χ0n) is 56.4. The number of rotatable bonds is 1. The van der Waals surface area contributed by atoms with E-state index in [0.29, 0.717) is 0 Å². The van der Waals surface area contributed by atoms with Crippen molar-refractivity contribution >= 4 is 12.2 Å². The number of hydrogen-bond donors (Lipinski definition) is 0. The fraction of sp³-hybridized carbons (Fsp3) is 0.526. The van der Waals surface area contributed by atoms with E-state index in [1.54, 1.807) is 5.46 Å². The molecule has 8 rings (SSSR count). The predicted molar refractivity (Wildman–Crippen MR) is 347 cm³/mol. The van der Waals surface area contributed by atoms with Gasteiger partial charge in [0.1, 0.15) is 0 Å². The summed E-state index contributed by atoms with van der Waals surface area (Å²) in [6.07, 6.45) is 8.90. The van der Waals surface area contributed by atoms with Crippen molar-refractivity contribution in [3.8, 4) is 23.0 Å². The van der Waals surface area contributed by atoms with Crippen molar-refractivity contribution in [2.24, 2.45) is 0 Å². The van der Waals surface area contributed by atoms with E-state index in [1.165, 1.54) is 38.5 Å². The average molecular weight is 1570 g/mol. The molecule has 0 spiro atoms. The standard InChI is InChI=1S/C14H19B.4C14H22O.C6H6.2U/c1-2-6-12(7-3-1)15-13-8-4-9-14(15)11-5-10-13;4*1-13(2,3)10-8-7-9-11(12(10)15)14(4,5)6;1-2-4-6-5-3-1;;/h1-3,6-7,13-14H,4-5,8-11H2;4*7-9,15H,1-6H3;1-6H;;/q;;;;;;2*+2/p-4. The minimum Gasteiger partial charge on any atom is -0.872 e. The van der Waals surface area contributed by atoms with Crippen LogP contribution < -0.4 is 25.9 Å². The van der Waals surface area contributed by atoms with Gasteiger partial charge in [0.25, 0.3) is 0 Å². The van der Waals surface area contributed by atoms with E-state index in [2.05, 4.69) is 197 Å². The topological polar surface area (TPSA) is 92.2 Å². The Labute approximate surface area is 556 Å². The molecule has 0 saturated carbocycles. The molecule has 7 heteroatoms. The van der Waals surface area contributed by atoms with Gasteiger partial charge in [0.15, 0.2) is 6.71 Å².